The number of rotatable bonds is 10. The lowest BCUT2D eigenvalue weighted by Gasteiger charge is -2.16. The zero-order chi connectivity index (χ0) is 15.3. The molecule has 0 heterocycles. The summed E-state index contributed by atoms with van der Waals surface area (Å²) in [5.74, 6) is 4.24. The molecule has 0 aliphatic heterocycles. The minimum atomic E-state index is 0.101. The number of thioether (sulfide) groups is 2. The Balaban J connectivity index is 2.51. The molecule has 0 aliphatic rings. The van der Waals surface area contributed by atoms with Gasteiger partial charge in [-0.2, -0.15) is 0 Å². The van der Waals surface area contributed by atoms with E-state index >= 15 is 0 Å². The van der Waals surface area contributed by atoms with Crippen molar-refractivity contribution in [1.82, 2.24) is 0 Å². The van der Waals surface area contributed by atoms with Crippen molar-refractivity contribution in [3.63, 3.8) is 0 Å². The average Bonchev–Trinajstić information content (AvgIpc) is 2.53. The van der Waals surface area contributed by atoms with Crippen LogP contribution in [0.15, 0.2) is 71.5 Å². The maximum Gasteiger partial charge on any atom is 0.107 e. The van der Waals surface area contributed by atoms with Gasteiger partial charge in [-0.15, -0.1) is 29.9 Å². The van der Waals surface area contributed by atoms with Crippen LogP contribution in [-0.2, 0) is 4.74 Å². The molecule has 0 aliphatic carbocycles. The minimum absolute atomic E-state index is 0.101. The lowest BCUT2D eigenvalue weighted by atomic mass is 10.4. The third-order valence-corrected chi connectivity index (χ3v) is 4.82. The minimum Gasteiger partial charge on any atom is -0.364 e. The number of benzene rings is 1. The van der Waals surface area contributed by atoms with Gasteiger partial charge < -0.3 is 4.74 Å². The molecular formula is C18H20OS2. The SMILES string of the molecule is C#CCOC(CS/C(C=C)=C/C=C)CSc1ccccc1. The second kappa shape index (κ2) is 11.3. The third kappa shape index (κ3) is 7.87. The van der Waals surface area contributed by atoms with Gasteiger partial charge in [-0.05, 0) is 18.2 Å². The van der Waals surface area contributed by atoms with Crippen LogP contribution in [0.2, 0.25) is 0 Å². The second-order valence-electron chi connectivity index (χ2n) is 4.08. The number of allylic oxidation sites excluding steroid dienone is 3. The smallest absolute Gasteiger partial charge is 0.107 e. The van der Waals surface area contributed by atoms with Crippen molar-refractivity contribution in [1.29, 1.82) is 0 Å². The van der Waals surface area contributed by atoms with Gasteiger partial charge in [0.15, 0.2) is 0 Å². The summed E-state index contributed by atoms with van der Waals surface area (Å²) < 4.78 is 5.72. The molecule has 0 spiro atoms. The molecule has 0 saturated heterocycles. The van der Waals surface area contributed by atoms with E-state index in [0.717, 1.165) is 16.4 Å². The topological polar surface area (TPSA) is 9.23 Å². The summed E-state index contributed by atoms with van der Waals surface area (Å²) in [6, 6.07) is 10.3. The molecule has 1 rings (SSSR count). The lowest BCUT2D eigenvalue weighted by molar-refractivity contribution is 0.114. The van der Waals surface area contributed by atoms with Crippen LogP contribution in [0, 0.1) is 12.3 Å². The van der Waals surface area contributed by atoms with Crippen LogP contribution in [-0.4, -0.2) is 24.2 Å². The lowest BCUT2D eigenvalue weighted by Crippen LogP contribution is -2.19. The zero-order valence-electron chi connectivity index (χ0n) is 12.0. The zero-order valence-corrected chi connectivity index (χ0v) is 13.7. The molecule has 110 valence electrons. The molecule has 0 N–H and O–H groups in total. The van der Waals surface area contributed by atoms with Crippen LogP contribution >= 0.6 is 23.5 Å². The Morgan fingerprint density at radius 2 is 2.05 bits per heavy atom. The second-order valence-corrected chi connectivity index (χ2v) is 6.27. The molecule has 1 aromatic carbocycles. The number of terminal acetylenes is 1. The van der Waals surface area contributed by atoms with Crippen molar-refractivity contribution in [3.05, 3.63) is 66.6 Å². The van der Waals surface area contributed by atoms with Crippen molar-refractivity contribution in [2.45, 2.75) is 11.0 Å². The van der Waals surface area contributed by atoms with Crippen LogP contribution in [0.4, 0.5) is 0 Å². The highest BCUT2D eigenvalue weighted by molar-refractivity contribution is 8.03. The van der Waals surface area contributed by atoms with Gasteiger partial charge in [0.2, 0.25) is 0 Å². The Morgan fingerprint density at radius 3 is 2.67 bits per heavy atom. The highest BCUT2D eigenvalue weighted by Crippen LogP contribution is 2.23. The molecule has 3 heteroatoms. The molecule has 1 atom stereocenters. The molecule has 0 fully saturated rings. The fourth-order valence-corrected chi connectivity index (χ4v) is 3.49. The van der Waals surface area contributed by atoms with E-state index in [4.69, 9.17) is 11.2 Å². The van der Waals surface area contributed by atoms with Crippen molar-refractivity contribution in [3.8, 4) is 12.3 Å². The predicted molar refractivity (Wildman–Crippen MR) is 96.7 cm³/mol. The Bertz CT molecular complexity index is 500. The van der Waals surface area contributed by atoms with Gasteiger partial charge in [-0.1, -0.05) is 49.4 Å². The van der Waals surface area contributed by atoms with Crippen LogP contribution < -0.4 is 0 Å². The van der Waals surface area contributed by atoms with Crippen LogP contribution in [0.1, 0.15) is 0 Å². The van der Waals surface area contributed by atoms with Gasteiger partial charge in [0.05, 0.1) is 6.10 Å². The molecule has 0 amide bonds. The van der Waals surface area contributed by atoms with Gasteiger partial charge in [0, 0.05) is 21.3 Å². The van der Waals surface area contributed by atoms with Crippen molar-refractivity contribution in [2.24, 2.45) is 0 Å². The summed E-state index contributed by atoms with van der Waals surface area (Å²) in [6.07, 6.45) is 10.9. The van der Waals surface area contributed by atoms with E-state index < -0.39 is 0 Å². The van der Waals surface area contributed by atoms with E-state index in [1.54, 1.807) is 29.6 Å². The van der Waals surface area contributed by atoms with Gasteiger partial charge in [0.1, 0.15) is 6.61 Å². The molecule has 0 saturated carbocycles. The molecule has 0 aromatic heterocycles. The van der Waals surface area contributed by atoms with Gasteiger partial charge >= 0.3 is 0 Å². The number of hydrogen-bond acceptors (Lipinski definition) is 3. The summed E-state index contributed by atoms with van der Waals surface area (Å²) >= 11 is 3.48. The maximum atomic E-state index is 5.72. The molecule has 21 heavy (non-hydrogen) atoms. The van der Waals surface area contributed by atoms with Gasteiger partial charge in [-0.25, -0.2) is 0 Å². The summed E-state index contributed by atoms with van der Waals surface area (Å²) in [5.41, 5.74) is 0. The van der Waals surface area contributed by atoms with Crippen molar-refractivity contribution in [2.75, 3.05) is 18.1 Å². The molecule has 1 nitrogen and oxygen atoms in total. The normalized spacial score (nSPS) is 12.4. The van der Waals surface area contributed by atoms with Gasteiger partial charge in [-0.3, -0.25) is 0 Å². The number of ether oxygens (including phenoxy) is 1. The summed E-state index contributed by atoms with van der Waals surface area (Å²) in [7, 11) is 0. The molecule has 0 radical (unpaired) electrons. The highest BCUT2D eigenvalue weighted by Gasteiger charge is 2.10. The average molecular weight is 316 g/mol. The Labute approximate surface area is 136 Å². The molecule has 1 unspecified atom stereocenters. The van der Waals surface area contributed by atoms with E-state index in [1.165, 1.54) is 4.90 Å². The molecular weight excluding hydrogens is 296 g/mol. The van der Waals surface area contributed by atoms with E-state index in [9.17, 15) is 0 Å². The molecule has 1 aromatic rings. The summed E-state index contributed by atoms with van der Waals surface area (Å²) in [4.78, 5) is 2.33. The first kappa shape index (κ1) is 17.7. The summed E-state index contributed by atoms with van der Waals surface area (Å²) in [5, 5.41) is 0. The Kier molecular flexibility index (Phi) is 9.56. The van der Waals surface area contributed by atoms with Crippen molar-refractivity contribution >= 4 is 23.5 Å². The first-order valence-electron chi connectivity index (χ1n) is 6.61. The van der Waals surface area contributed by atoms with E-state index in [2.05, 4.69) is 31.2 Å². The Morgan fingerprint density at radius 1 is 1.29 bits per heavy atom. The first-order chi connectivity index (χ1) is 10.3. The third-order valence-electron chi connectivity index (χ3n) is 2.50. The largest absolute Gasteiger partial charge is 0.364 e. The summed E-state index contributed by atoms with van der Waals surface area (Å²) in [6.45, 7) is 7.84. The predicted octanol–water partition coefficient (Wildman–Crippen LogP) is 4.79. The fourth-order valence-electron chi connectivity index (χ4n) is 1.50. The Hall–Kier alpha value is -1.34. The fraction of sp³-hybridized carbons (Fsp3) is 0.222. The number of hydrogen-bond donors (Lipinski definition) is 0. The van der Waals surface area contributed by atoms with Crippen LogP contribution in [0.25, 0.3) is 0 Å². The monoisotopic (exact) mass is 316 g/mol. The highest BCUT2D eigenvalue weighted by atomic mass is 32.2. The van der Waals surface area contributed by atoms with E-state index in [1.807, 2.05) is 30.4 Å². The van der Waals surface area contributed by atoms with Crippen LogP contribution in [0.5, 0.6) is 0 Å². The van der Waals surface area contributed by atoms with Crippen LogP contribution in [0.3, 0.4) is 0 Å². The maximum absolute atomic E-state index is 5.72. The first-order valence-corrected chi connectivity index (χ1v) is 8.58. The van der Waals surface area contributed by atoms with Crippen molar-refractivity contribution < 1.29 is 4.74 Å². The molecule has 0 bridgehead atoms. The van der Waals surface area contributed by atoms with E-state index in [-0.39, 0.29) is 6.10 Å². The standard InChI is InChI=1S/C18H20OS2/c1-4-10-17(6-3)20-14-16(19-13-5-2)15-21-18-11-8-7-9-12-18/h2,4,6-12,16H,1,3,13-15H2/b17-10+. The quantitative estimate of drug-likeness (QED) is 0.349. The van der Waals surface area contributed by atoms with Gasteiger partial charge in [0.25, 0.3) is 0 Å². The van der Waals surface area contributed by atoms with E-state index in [0.29, 0.717) is 6.61 Å².